The summed E-state index contributed by atoms with van der Waals surface area (Å²) in [7, 11) is 0. The molecular weight excluding hydrogens is 168 g/mol. The number of fused-ring (bicyclic) bond motifs is 1. The molecule has 0 unspecified atom stereocenters. The van der Waals surface area contributed by atoms with Crippen molar-refractivity contribution in [3.63, 3.8) is 0 Å². The third kappa shape index (κ3) is 1.39. The first-order valence-corrected chi connectivity index (χ1v) is 5.41. The second-order valence-electron chi connectivity index (χ2n) is 4.64. The van der Waals surface area contributed by atoms with E-state index in [1.165, 1.54) is 28.7 Å². The van der Waals surface area contributed by atoms with Crippen molar-refractivity contribution in [3.05, 3.63) is 41.0 Å². The minimum absolute atomic E-state index is 0.634. The van der Waals surface area contributed by atoms with Crippen molar-refractivity contribution in [2.24, 2.45) is 0 Å². The monoisotopic (exact) mass is 186 g/mol. The van der Waals surface area contributed by atoms with Crippen LogP contribution < -0.4 is 0 Å². The van der Waals surface area contributed by atoms with E-state index in [4.69, 9.17) is 0 Å². The Morgan fingerprint density at radius 1 is 1.21 bits per heavy atom. The molecule has 1 aromatic rings. The summed E-state index contributed by atoms with van der Waals surface area (Å²) in [5.41, 5.74) is 7.20. The molecule has 0 nitrogen and oxygen atoms in total. The normalized spacial score (nSPS) is 15.0. The van der Waals surface area contributed by atoms with Crippen LogP contribution in [-0.2, 0) is 6.42 Å². The van der Waals surface area contributed by atoms with Crippen LogP contribution in [0, 0.1) is 6.92 Å². The Labute approximate surface area is 86.7 Å². The first kappa shape index (κ1) is 9.51. The highest BCUT2D eigenvalue weighted by atomic mass is 14.2. The summed E-state index contributed by atoms with van der Waals surface area (Å²) >= 11 is 0. The van der Waals surface area contributed by atoms with E-state index >= 15 is 0 Å². The van der Waals surface area contributed by atoms with Crippen LogP contribution >= 0.6 is 0 Å². The Balaban J connectivity index is 2.63. The molecule has 0 radical (unpaired) electrons. The minimum atomic E-state index is 0.634. The van der Waals surface area contributed by atoms with Crippen molar-refractivity contribution < 1.29 is 0 Å². The van der Waals surface area contributed by atoms with Crippen LogP contribution in [0.2, 0.25) is 0 Å². The molecule has 0 fully saturated rings. The lowest BCUT2D eigenvalue weighted by molar-refractivity contribution is 0.842. The lowest BCUT2D eigenvalue weighted by atomic mass is 9.92. The molecule has 0 atom stereocenters. The number of allylic oxidation sites excluding steroid dienone is 1. The Morgan fingerprint density at radius 3 is 2.57 bits per heavy atom. The molecule has 2 rings (SSSR count). The number of aryl methyl sites for hydroxylation is 1. The van der Waals surface area contributed by atoms with Crippen LogP contribution in [-0.4, -0.2) is 0 Å². The summed E-state index contributed by atoms with van der Waals surface area (Å²) in [6, 6.07) is 4.62. The summed E-state index contributed by atoms with van der Waals surface area (Å²) in [6.45, 7) is 10.9. The highest BCUT2D eigenvalue weighted by Crippen LogP contribution is 2.36. The summed E-state index contributed by atoms with van der Waals surface area (Å²) in [5, 5.41) is 0. The van der Waals surface area contributed by atoms with Gasteiger partial charge in [0.15, 0.2) is 0 Å². The highest BCUT2D eigenvalue weighted by molar-refractivity contribution is 5.72. The zero-order chi connectivity index (χ0) is 10.3. The largest absolute Gasteiger partial charge is 0.0952 e. The molecular formula is C14H18. The van der Waals surface area contributed by atoms with Crippen molar-refractivity contribution in [2.45, 2.75) is 39.5 Å². The molecule has 1 aliphatic rings. The zero-order valence-corrected chi connectivity index (χ0v) is 9.35. The summed E-state index contributed by atoms with van der Waals surface area (Å²) < 4.78 is 0. The maximum atomic E-state index is 4.14. The summed E-state index contributed by atoms with van der Waals surface area (Å²) in [6.07, 6.45) is 2.35. The van der Waals surface area contributed by atoms with E-state index in [1.807, 2.05) is 0 Å². The topological polar surface area (TPSA) is 0 Å². The molecule has 0 N–H and O–H groups in total. The van der Waals surface area contributed by atoms with E-state index in [9.17, 15) is 0 Å². The predicted octanol–water partition coefficient (Wildman–Crippen LogP) is 4.08. The van der Waals surface area contributed by atoms with E-state index in [1.54, 1.807) is 5.56 Å². The number of benzene rings is 1. The predicted molar refractivity (Wildman–Crippen MR) is 62.6 cm³/mol. The highest BCUT2D eigenvalue weighted by Gasteiger charge is 2.19. The number of hydrogen-bond acceptors (Lipinski definition) is 0. The van der Waals surface area contributed by atoms with Crippen LogP contribution in [0.1, 0.15) is 48.4 Å². The second kappa shape index (κ2) is 3.27. The van der Waals surface area contributed by atoms with E-state index < -0.39 is 0 Å². The molecule has 14 heavy (non-hydrogen) atoms. The Hall–Kier alpha value is -1.04. The molecule has 0 spiro atoms. The summed E-state index contributed by atoms with van der Waals surface area (Å²) in [4.78, 5) is 0. The first-order chi connectivity index (χ1) is 6.59. The molecule has 0 heteroatoms. The average Bonchev–Trinajstić information content (AvgIpc) is 2.47. The van der Waals surface area contributed by atoms with Gasteiger partial charge in [0.25, 0.3) is 0 Å². The fourth-order valence-corrected chi connectivity index (χ4v) is 2.36. The molecule has 0 bridgehead atoms. The van der Waals surface area contributed by atoms with Gasteiger partial charge in [-0.25, -0.2) is 0 Å². The van der Waals surface area contributed by atoms with Gasteiger partial charge >= 0.3 is 0 Å². The van der Waals surface area contributed by atoms with Gasteiger partial charge in [-0.15, -0.1) is 0 Å². The van der Waals surface area contributed by atoms with Gasteiger partial charge in [0.2, 0.25) is 0 Å². The number of rotatable bonds is 1. The lowest BCUT2D eigenvalue weighted by Crippen LogP contribution is -1.96. The van der Waals surface area contributed by atoms with Crippen LogP contribution in [0.4, 0.5) is 0 Å². The first-order valence-electron chi connectivity index (χ1n) is 5.41. The lowest BCUT2D eigenvalue weighted by Gasteiger charge is -2.13. The summed E-state index contributed by atoms with van der Waals surface area (Å²) in [5.74, 6) is 0.634. The number of hydrogen-bond donors (Lipinski definition) is 0. The van der Waals surface area contributed by atoms with Crippen molar-refractivity contribution in [1.82, 2.24) is 0 Å². The van der Waals surface area contributed by atoms with Gasteiger partial charge in [0.1, 0.15) is 0 Å². The molecule has 0 aliphatic heterocycles. The maximum Gasteiger partial charge on any atom is -0.0193 e. The Kier molecular flexibility index (Phi) is 2.22. The van der Waals surface area contributed by atoms with Crippen LogP contribution in [0.15, 0.2) is 18.7 Å². The maximum absolute atomic E-state index is 4.14. The smallest absolute Gasteiger partial charge is 0.0193 e. The molecule has 0 heterocycles. The Morgan fingerprint density at radius 2 is 1.93 bits per heavy atom. The third-order valence-corrected chi connectivity index (χ3v) is 3.11. The van der Waals surface area contributed by atoms with E-state index in [0.29, 0.717) is 5.92 Å². The molecule has 0 saturated carbocycles. The molecule has 0 aromatic heterocycles. The van der Waals surface area contributed by atoms with E-state index in [2.05, 4.69) is 39.5 Å². The van der Waals surface area contributed by atoms with Crippen LogP contribution in [0.5, 0.6) is 0 Å². The fraction of sp³-hybridized carbons (Fsp3) is 0.429. The minimum Gasteiger partial charge on any atom is -0.0952 e. The van der Waals surface area contributed by atoms with Gasteiger partial charge in [0, 0.05) is 0 Å². The van der Waals surface area contributed by atoms with Gasteiger partial charge in [-0.1, -0.05) is 38.1 Å². The van der Waals surface area contributed by atoms with Crippen molar-refractivity contribution in [2.75, 3.05) is 0 Å². The van der Waals surface area contributed by atoms with Crippen molar-refractivity contribution in [3.8, 4) is 0 Å². The molecule has 1 aromatic carbocycles. The van der Waals surface area contributed by atoms with Gasteiger partial charge in [0.05, 0.1) is 0 Å². The molecule has 0 saturated heterocycles. The van der Waals surface area contributed by atoms with Crippen LogP contribution in [0.3, 0.4) is 0 Å². The van der Waals surface area contributed by atoms with Crippen LogP contribution in [0.25, 0.3) is 5.57 Å². The van der Waals surface area contributed by atoms with Crippen molar-refractivity contribution in [1.29, 1.82) is 0 Å². The quantitative estimate of drug-likeness (QED) is 0.620. The van der Waals surface area contributed by atoms with Gasteiger partial charge in [-0.3, -0.25) is 0 Å². The van der Waals surface area contributed by atoms with Gasteiger partial charge in [-0.2, -0.15) is 0 Å². The van der Waals surface area contributed by atoms with Gasteiger partial charge in [-0.05, 0) is 47.9 Å². The van der Waals surface area contributed by atoms with Gasteiger partial charge < -0.3 is 0 Å². The van der Waals surface area contributed by atoms with E-state index in [-0.39, 0.29) is 0 Å². The standard InChI is InChI=1S/C14H18/c1-9(2)13-7-10(3)8-14-11(4)5-6-12(13)14/h7-9H,4-6H2,1-3H3. The molecule has 74 valence electrons. The SMILES string of the molecule is C=C1CCc2c1cc(C)cc2C(C)C. The molecule has 0 amide bonds. The average molecular weight is 186 g/mol. The molecule has 1 aliphatic carbocycles. The Bertz CT molecular complexity index is 383. The van der Waals surface area contributed by atoms with E-state index in [0.717, 1.165) is 6.42 Å². The second-order valence-corrected chi connectivity index (χ2v) is 4.64. The third-order valence-electron chi connectivity index (χ3n) is 3.11. The van der Waals surface area contributed by atoms with Crippen molar-refractivity contribution >= 4 is 5.57 Å². The fourth-order valence-electron chi connectivity index (χ4n) is 2.36. The zero-order valence-electron chi connectivity index (χ0n) is 9.35.